The maximum atomic E-state index is 11.4. The number of phenols is 1. The van der Waals surface area contributed by atoms with Crippen molar-refractivity contribution in [3.8, 4) is 5.75 Å². The molecule has 2 heteroatoms. The molecule has 0 atom stereocenters. The molecule has 0 radical (unpaired) electrons. The summed E-state index contributed by atoms with van der Waals surface area (Å²) in [6, 6.07) is 3.50. The van der Waals surface area contributed by atoms with Gasteiger partial charge in [0.1, 0.15) is 5.75 Å². The highest BCUT2D eigenvalue weighted by Crippen LogP contribution is 2.25. The van der Waals surface area contributed by atoms with E-state index in [2.05, 4.69) is 6.92 Å². The molecule has 2 nitrogen and oxygen atoms in total. The Morgan fingerprint density at radius 1 is 1.29 bits per heavy atom. The van der Waals surface area contributed by atoms with Gasteiger partial charge in [-0.05, 0) is 37.0 Å². The van der Waals surface area contributed by atoms with Crippen LogP contribution in [0, 0.1) is 0 Å². The Bertz CT molecular complexity index is 354. The summed E-state index contributed by atoms with van der Waals surface area (Å²) in [5.41, 5.74) is 2.63. The van der Waals surface area contributed by atoms with Crippen molar-refractivity contribution in [2.75, 3.05) is 0 Å². The van der Waals surface area contributed by atoms with Crippen LogP contribution in [-0.4, -0.2) is 10.9 Å². The van der Waals surface area contributed by atoms with E-state index in [9.17, 15) is 9.90 Å². The van der Waals surface area contributed by atoms with Crippen LogP contribution in [0.15, 0.2) is 12.1 Å². The summed E-state index contributed by atoms with van der Waals surface area (Å²) < 4.78 is 0. The average molecular weight is 192 g/mol. The number of hydrogen-bond acceptors (Lipinski definition) is 2. The quantitative estimate of drug-likeness (QED) is 0.748. The van der Waals surface area contributed by atoms with E-state index < -0.39 is 0 Å². The average Bonchev–Trinajstić information content (AvgIpc) is 2.16. The lowest BCUT2D eigenvalue weighted by Gasteiger charge is -2.11. The number of rotatable bonds is 3. The molecule has 76 valence electrons. The second-order valence-electron chi connectivity index (χ2n) is 3.36. The van der Waals surface area contributed by atoms with Crippen molar-refractivity contribution in [2.24, 2.45) is 0 Å². The number of Topliss-reactive ketones (excluding diaryl/α,β-unsaturated/α-hetero) is 1. The molecule has 0 saturated carbocycles. The molecule has 1 rings (SSSR count). The monoisotopic (exact) mass is 192 g/mol. The Morgan fingerprint density at radius 3 is 2.36 bits per heavy atom. The number of hydrogen-bond donors (Lipinski definition) is 1. The zero-order valence-electron chi connectivity index (χ0n) is 8.92. The van der Waals surface area contributed by atoms with Crippen LogP contribution >= 0.6 is 0 Å². The molecule has 0 amide bonds. The number of phenolic OH excluding ortho intramolecular Hbond substituents is 1. The van der Waals surface area contributed by atoms with E-state index in [-0.39, 0.29) is 11.5 Å². The van der Waals surface area contributed by atoms with E-state index in [1.807, 2.05) is 13.0 Å². The highest BCUT2D eigenvalue weighted by molar-refractivity contribution is 5.98. The van der Waals surface area contributed by atoms with Gasteiger partial charge in [-0.3, -0.25) is 4.79 Å². The molecule has 0 bridgehead atoms. The molecule has 1 N–H and O–H groups in total. The Balaban J connectivity index is 3.42. The van der Waals surface area contributed by atoms with Crippen LogP contribution in [0.4, 0.5) is 0 Å². The zero-order valence-corrected chi connectivity index (χ0v) is 8.92. The zero-order chi connectivity index (χ0) is 10.7. The minimum absolute atomic E-state index is 0.0605. The summed E-state index contributed by atoms with van der Waals surface area (Å²) in [4.78, 5) is 11.4. The normalized spacial score (nSPS) is 10.2. The summed E-state index contributed by atoms with van der Waals surface area (Å²) in [5.74, 6) is 0.0428. The van der Waals surface area contributed by atoms with Gasteiger partial charge < -0.3 is 5.11 Å². The van der Waals surface area contributed by atoms with Gasteiger partial charge in [-0.1, -0.05) is 19.9 Å². The summed E-state index contributed by atoms with van der Waals surface area (Å²) in [6.45, 7) is 5.55. The second-order valence-corrected chi connectivity index (χ2v) is 3.36. The van der Waals surface area contributed by atoms with Crippen molar-refractivity contribution in [2.45, 2.75) is 33.6 Å². The topological polar surface area (TPSA) is 37.3 Å². The van der Waals surface area contributed by atoms with Gasteiger partial charge in [-0.15, -0.1) is 0 Å². The first-order valence-electron chi connectivity index (χ1n) is 4.96. The third-order valence-corrected chi connectivity index (χ3v) is 2.47. The van der Waals surface area contributed by atoms with E-state index in [0.29, 0.717) is 5.56 Å². The van der Waals surface area contributed by atoms with Crippen LogP contribution in [0.3, 0.4) is 0 Å². The largest absolute Gasteiger partial charge is 0.507 e. The first-order valence-corrected chi connectivity index (χ1v) is 4.96. The molecular weight excluding hydrogens is 176 g/mol. The highest BCUT2D eigenvalue weighted by atomic mass is 16.3. The van der Waals surface area contributed by atoms with Gasteiger partial charge >= 0.3 is 0 Å². The number of aromatic hydroxyl groups is 1. The summed E-state index contributed by atoms with van der Waals surface area (Å²) in [6.07, 6.45) is 1.68. The molecule has 0 aliphatic carbocycles. The molecule has 0 aliphatic heterocycles. The van der Waals surface area contributed by atoms with Crippen molar-refractivity contribution in [1.29, 1.82) is 0 Å². The smallest absolute Gasteiger partial charge is 0.163 e. The molecule has 0 aliphatic rings. The Morgan fingerprint density at radius 2 is 1.93 bits per heavy atom. The molecule has 1 aromatic rings. The molecule has 0 fully saturated rings. The standard InChI is InChI=1S/C12H16O2/c1-4-9-6-7-11(14)12(8(3)13)10(9)5-2/h6-7,14H,4-5H2,1-3H3. The van der Waals surface area contributed by atoms with Gasteiger partial charge in [-0.25, -0.2) is 0 Å². The molecule has 0 unspecified atom stereocenters. The molecule has 0 aromatic heterocycles. The van der Waals surface area contributed by atoms with Crippen molar-refractivity contribution >= 4 is 5.78 Å². The molecule has 0 spiro atoms. The van der Waals surface area contributed by atoms with E-state index in [4.69, 9.17) is 0 Å². The molecule has 1 aromatic carbocycles. The third kappa shape index (κ3) is 1.79. The molecule has 0 saturated heterocycles. The van der Waals surface area contributed by atoms with Gasteiger partial charge in [0.2, 0.25) is 0 Å². The molecular formula is C12H16O2. The van der Waals surface area contributed by atoms with E-state index in [1.165, 1.54) is 6.92 Å². The predicted octanol–water partition coefficient (Wildman–Crippen LogP) is 2.72. The Labute approximate surface area is 84.6 Å². The van der Waals surface area contributed by atoms with Crippen LogP contribution < -0.4 is 0 Å². The molecule has 0 heterocycles. The van der Waals surface area contributed by atoms with Crippen molar-refractivity contribution < 1.29 is 9.90 Å². The fraction of sp³-hybridized carbons (Fsp3) is 0.417. The van der Waals surface area contributed by atoms with Gasteiger partial charge in [0.25, 0.3) is 0 Å². The third-order valence-electron chi connectivity index (χ3n) is 2.47. The number of carbonyl (C=O) groups is 1. The van der Waals surface area contributed by atoms with Gasteiger partial charge in [0, 0.05) is 0 Å². The van der Waals surface area contributed by atoms with E-state index in [1.54, 1.807) is 6.07 Å². The number of aryl methyl sites for hydroxylation is 1. The van der Waals surface area contributed by atoms with E-state index >= 15 is 0 Å². The SMILES string of the molecule is CCc1ccc(O)c(C(C)=O)c1CC. The maximum Gasteiger partial charge on any atom is 0.163 e. The first-order chi connectivity index (χ1) is 6.61. The number of carbonyl (C=O) groups excluding carboxylic acids is 1. The summed E-state index contributed by atoms with van der Waals surface area (Å²) in [7, 11) is 0. The van der Waals surface area contributed by atoms with Crippen LogP contribution in [-0.2, 0) is 12.8 Å². The van der Waals surface area contributed by atoms with Crippen molar-refractivity contribution in [3.63, 3.8) is 0 Å². The lowest BCUT2D eigenvalue weighted by molar-refractivity contribution is 0.101. The fourth-order valence-corrected chi connectivity index (χ4v) is 1.81. The Hall–Kier alpha value is -1.31. The fourth-order valence-electron chi connectivity index (χ4n) is 1.81. The minimum atomic E-state index is -0.0605. The van der Waals surface area contributed by atoms with Crippen LogP contribution in [0.2, 0.25) is 0 Å². The van der Waals surface area contributed by atoms with Gasteiger partial charge in [0.05, 0.1) is 5.56 Å². The van der Waals surface area contributed by atoms with E-state index in [0.717, 1.165) is 24.0 Å². The summed E-state index contributed by atoms with van der Waals surface area (Å²) >= 11 is 0. The van der Waals surface area contributed by atoms with Crippen molar-refractivity contribution in [3.05, 3.63) is 28.8 Å². The van der Waals surface area contributed by atoms with Gasteiger partial charge in [-0.2, -0.15) is 0 Å². The highest BCUT2D eigenvalue weighted by Gasteiger charge is 2.13. The maximum absolute atomic E-state index is 11.4. The predicted molar refractivity (Wildman–Crippen MR) is 56.9 cm³/mol. The minimum Gasteiger partial charge on any atom is -0.507 e. The lowest BCUT2D eigenvalue weighted by Crippen LogP contribution is -2.03. The van der Waals surface area contributed by atoms with Crippen molar-refractivity contribution in [1.82, 2.24) is 0 Å². The second kappa shape index (κ2) is 4.27. The van der Waals surface area contributed by atoms with Gasteiger partial charge in [0.15, 0.2) is 5.78 Å². The first kappa shape index (κ1) is 10.8. The Kier molecular flexibility index (Phi) is 3.28. The molecule has 14 heavy (non-hydrogen) atoms. The number of ketones is 1. The number of benzene rings is 1. The van der Waals surface area contributed by atoms with Crippen LogP contribution in [0.25, 0.3) is 0 Å². The lowest BCUT2D eigenvalue weighted by atomic mass is 9.94. The summed E-state index contributed by atoms with van der Waals surface area (Å²) in [5, 5.41) is 9.59. The van der Waals surface area contributed by atoms with Crippen LogP contribution in [0.1, 0.15) is 42.3 Å². The van der Waals surface area contributed by atoms with Crippen LogP contribution in [0.5, 0.6) is 5.75 Å².